The molecule has 28 heavy (non-hydrogen) atoms. The molecule has 0 spiro atoms. The van der Waals surface area contributed by atoms with Crippen LogP contribution in [0.4, 0.5) is 5.69 Å². The average Bonchev–Trinajstić information content (AvgIpc) is 3.08. The molecule has 3 aromatic rings. The fraction of sp³-hybridized carbons (Fsp3) is 0.300. The Morgan fingerprint density at radius 2 is 2.25 bits per heavy atom. The zero-order chi connectivity index (χ0) is 19.5. The van der Waals surface area contributed by atoms with Crippen LogP contribution in [0.25, 0.3) is 0 Å². The maximum atomic E-state index is 12.7. The van der Waals surface area contributed by atoms with Gasteiger partial charge in [0.15, 0.2) is 0 Å². The first-order valence-electron chi connectivity index (χ1n) is 9.11. The molecule has 0 aliphatic carbocycles. The van der Waals surface area contributed by atoms with E-state index in [0.29, 0.717) is 29.6 Å². The summed E-state index contributed by atoms with van der Waals surface area (Å²) in [5.74, 6) is 2.19. The molecule has 1 amide bonds. The number of pyridine rings is 1. The number of hydrogen-bond donors (Lipinski definition) is 1. The van der Waals surface area contributed by atoms with Gasteiger partial charge in [-0.05, 0) is 37.6 Å². The Morgan fingerprint density at radius 3 is 3.04 bits per heavy atom. The Bertz CT molecular complexity index is 990. The van der Waals surface area contributed by atoms with Crippen LogP contribution in [-0.2, 0) is 24.4 Å². The number of benzene rings is 1. The highest BCUT2D eigenvalue weighted by Crippen LogP contribution is 2.29. The lowest BCUT2D eigenvalue weighted by Gasteiger charge is -2.23. The zero-order valence-electron chi connectivity index (χ0n) is 15.4. The zero-order valence-corrected chi connectivity index (χ0v) is 16.2. The number of carbonyl (C=O) groups excluding carboxylic acids is 1. The highest BCUT2D eigenvalue weighted by atomic mass is 35.5. The molecule has 8 heteroatoms. The minimum absolute atomic E-state index is 0.0288. The van der Waals surface area contributed by atoms with Gasteiger partial charge in [-0.3, -0.25) is 9.78 Å². The molecule has 7 nitrogen and oxygen atoms in total. The van der Waals surface area contributed by atoms with E-state index in [2.05, 4.69) is 20.5 Å². The van der Waals surface area contributed by atoms with Crippen LogP contribution in [-0.4, -0.2) is 25.7 Å². The van der Waals surface area contributed by atoms with E-state index in [1.165, 1.54) is 0 Å². The number of carbonyl (C=O) groups is 1. The van der Waals surface area contributed by atoms with E-state index in [9.17, 15) is 4.79 Å². The Hall–Kier alpha value is -2.93. The van der Waals surface area contributed by atoms with Crippen molar-refractivity contribution < 1.29 is 9.53 Å². The van der Waals surface area contributed by atoms with E-state index in [0.717, 1.165) is 30.1 Å². The van der Waals surface area contributed by atoms with Crippen molar-refractivity contribution in [2.24, 2.45) is 5.92 Å². The monoisotopic (exact) mass is 397 g/mol. The van der Waals surface area contributed by atoms with E-state index in [4.69, 9.17) is 16.3 Å². The van der Waals surface area contributed by atoms with E-state index in [1.54, 1.807) is 30.6 Å². The molecule has 1 N–H and O–H groups in total. The number of amides is 1. The Balaban J connectivity index is 1.38. The van der Waals surface area contributed by atoms with Crippen molar-refractivity contribution in [1.82, 2.24) is 19.7 Å². The van der Waals surface area contributed by atoms with Crippen molar-refractivity contribution in [1.29, 1.82) is 0 Å². The first-order valence-corrected chi connectivity index (χ1v) is 9.49. The number of hydrogen-bond acceptors (Lipinski definition) is 5. The Morgan fingerprint density at radius 1 is 1.36 bits per heavy atom. The number of aryl methyl sites for hydroxylation is 2. The fourth-order valence-corrected chi connectivity index (χ4v) is 3.50. The molecule has 1 atom stereocenters. The second-order valence-corrected chi connectivity index (χ2v) is 7.20. The molecule has 3 heterocycles. The molecule has 2 aromatic heterocycles. The number of aromatic nitrogens is 4. The van der Waals surface area contributed by atoms with Gasteiger partial charge in [-0.2, -0.15) is 0 Å². The molecule has 0 saturated heterocycles. The highest BCUT2D eigenvalue weighted by molar-refractivity contribution is 6.32. The van der Waals surface area contributed by atoms with Gasteiger partial charge in [0.2, 0.25) is 5.91 Å². The van der Waals surface area contributed by atoms with Crippen molar-refractivity contribution in [2.75, 3.05) is 5.32 Å². The number of fused-ring (bicyclic) bond motifs is 1. The SMILES string of the molecule is Cc1nnc2n1C[C@@H](C(=O)Nc1ccc(OCc3cccnc3)c(Cl)c1)CC2. The minimum atomic E-state index is -0.123. The number of ether oxygens (including phenoxy) is 1. The van der Waals surface area contributed by atoms with Gasteiger partial charge in [0.25, 0.3) is 0 Å². The first kappa shape index (κ1) is 18.4. The molecule has 144 valence electrons. The van der Waals surface area contributed by atoms with Gasteiger partial charge in [0.05, 0.1) is 10.9 Å². The number of rotatable bonds is 5. The van der Waals surface area contributed by atoms with Gasteiger partial charge in [0, 0.05) is 36.6 Å². The second kappa shape index (κ2) is 7.98. The summed E-state index contributed by atoms with van der Waals surface area (Å²) in [6, 6.07) is 9.05. The van der Waals surface area contributed by atoms with E-state index < -0.39 is 0 Å². The largest absolute Gasteiger partial charge is 0.487 e. The predicted octanol–water partition coefficient (Wildman–Crippen LogP) is 3.42. The lowest BCUT2D eigenvalue weighted by atomic mass is 9.98. The number of anilines is 1. The molecule has 0 saturated carbocycles. The van der Waals surface area contributed by atoms with Crippen LogP contribution in [0.2, 0.25) is 5.02 Å². The molecule has 0 unspecified atom stereocenters. The lowest BCUT2D eigenvalue weighted by Crippen LogP contribution is -2.31. The summed E-state index contributed by atoms with van der Waals surface area (Å²) in [5, 5.41) is 11.6. The summed E-state index contributed by atoms with van der Waals surface area (Å²) in [4.78, 5) is 16.7. The summed E-state index contributed by atoms with van der Waals surface area (Å²) in [5.41, 5.74) is 1.60. The minimum Gasteiger partial charge on any atom is -0.487 e. The molecular weight excluding hydrogens is 378 g/mol. The smallest absolute Gasteiger partial charge is 0.229 e. The fourth-order valence-electron chi connectivity index (χ4n) is 3.26. The van der Waals surface area contributed by atoms with E-state index in [1.807, 2.05) is 23.6 Å². The number of nitrogens with one attached hydrogen (secondary N) is 1. The van der Waals surface area contributed by atoms with Gasteiger partial charge < -0.3 is 14.6 Å². The van der Waals surface area contributed by atoms with Crippen LogP contribution < -0.4 is 10.1 Å². The van der Waals surface area contributed by atoms with Crippen LogP contribution in [0.5, 0.6) is 5.75 Å². The molecule has 0 radical (unpaired) electrons. The molecule has 0 fully saturated rings. The van der Waals surface area contributed by atoms with Crippen molar-refractivity contribution in [3.8, 4) is 5.75 Å². The first-order chi connectivity index (χ1) is 13.6. The summed E-state index contributed by atoms with van der Waals surface area (Å²) in [6.45, 7) is 2.88. The highest BCUT2D eigenvalue weighted by Gasteiger charge is 2.27. The van der Waals surface area contributed by atoms with E-state index >= 15 is 0 Å². The van der Waals surface area contributed by atoms with Crippen LogP contribution in [0, 0.1) is 12.8 Å². The van der Waals surface area contributed by atoms with Crippen LogP contribution in [0.3, 0.4) is 0 Å². The maximum absolute atomic E-state index is 12.7. The van der Waals surface area contributed by atoms with Gasteiger partial charge in [-0.1, -0.05) is 17.7 Å². The van der Waals surface area contributed by atoms with Crippen molar-refractivity contribution in [3.05, 3.63) is 65.0 Å². The summed E-state index contributed by atoms with van der Waals surface area (Å²) in [7, 11) is 0. The van der Waals surface area contributed by atoms with Gasteiger partial charge in [-0.15, -0.1) is 10.2 Å². The van der Waals surface area contributed by atoms with Crippen LogP contribution in [0.1, 0.15) is 23.6 Å². The van der Waals surface area contributed by atoms with Gasteiger partial charge in [-0.25, -0.2) is 0 Å². The number of halogens is 1. The molecule has 4 rings (SSSR count). The molecule has 1 aliphatic rings. The third kappa shape index (κ3) is 3.99. The van der Waals surface area contributed by atoms with Crippen molar-refractivity contribution in [2.45, 2.75) is 32.9 Å². The van der Waals surface area contributed by atoms with Crippen LogP contribution >= 0.6 is 11.6 Å². The van der Waals surface area contributed by atoms with Crippen LogP contribution in [0.15, 0.2) is 42.7 Å². The Kier molecular flexibility index (Phi) is 5.25. The van der Waals surface area contributed by atoms with Gasteiger partial charge in [0.1, 0.15) is 24.0 Å². The normalized spacial score (nSPS) is 15.7. The molecular formula is C20H20ClN5O2. The summed E-state index contributed by atoms with van der Waals surface area (Å²) < 4.78 is 7.75. The lowest BCUT2D eigenvalue weighted by molar-refractivity contribution is -0.120. The summed E-state index contributed by atoms with van der Waals surface area (Å²) in [6.07, 6.45) is 4.96. The van der Waals surface area contributed by atoms with E-state index in [-0.39, 0.29) is 11.8 Å². The van der Waals surface area contributed by atoms with Gasteiger partial charge >= 0.3 is 0 Å². The molecule has 1 aromatic carbocycles. The predicted molar refractivity (Wildman–Crippen MR) is 105 cm³/mol. The summed E-state index contributed by atoms with van der Waals surface area (Å²) >= 11 is 6.33. The maximum Gasteiger partial charge on any atom is 0.229 e. The average molecular weight is 398 g/mol. The topological polar surface area (TPSA) is 81.9 Å². The molecule has 1 aliphatic heterocycles. The standard InChI is InChI=1S/C20H20ClN5O2/c1-13-24-25-19-7-4-15(11-26(13)19)20(27)23-16-5-6-18(17(21)9-16)28-12-14-3-2-8-22-10-14/h2-3,5-6,8-10,15H,4,7,11-12H2,1H3,(H,23,27)/t15-/m0/s1. The Labute approximate surface area is 167 Å². The quantitative estimate of drug-likeness (QED) is 0.713. The molecule has 0 bridgehead atoms. The van der Waals surface area contributed by atoms with Crippen molar-refractivity contribution in [3.63, 3.8) is 0 Å². The second-order valence-electron chi connectivity index (χ2n) is 6.79. The third-order valence-electron chi connectivity index (χ3n) is 4.82. The van der Waals surface area contributed by atoms with Crippen molar-refractivity contribution >= 4 is 23.2 Å². The number of nitrogens with zero attached hydrogens (tertiary/aromatic N) is 4. The third-order valence-corrected chi connectivity index (χ3v) is 5.11.